The van der Waals surface area contributed by atoms with Crippen LogP contribution in [0.2, 0.25) is 0 Å². The van der Waals surface area contributed by atoms with E-state index in [0.29, 0.717) is 37.9 Å². The largest absolute Gasteiger partial charge is 0.497 e. The second-order valence-corrected chi connectivity index (χ2v) is 9.59. The number of benzene rings is 2. The highest BCUT2D eigenvalue weighted by atomic mass is 16.5. The van der Waals surface area contributed by atoms with E-state index in [9.17, 15) is 9.59 Å². The molecule has 3 heterocycles. The summed E-state index contributed by atoms with van der Waals surface area (Å²) in [6.07, 6.45) is 3.33. The summed E-state index contributed by atoms with van der Waals surface area (Å²) >= 11 is 0. The molecule has 0 atom stereocenters. The van der Waals surface area contributed by atoms with Gasteiger partial charge in [0.2, 0.25) is 11.9 Å². The summed E-state index contributed by atoms with van der Waals surface area (Å²) in [5.41, 5.74) is 3.54. The number of amides is 2. The van der Waals surface area contributed by atoms with Gasteiger partial charge in [-0.1, -0.05) is 17.7 Å². The van der Waals surface area contributed by atoms with E-state index < -0.39 is 0 Å². The Morgan fingerprint density at radius 1 is 1.05 bits per heavy atom. The van der Waals surface area contributed by atoms with Crippen molar-refractivity contribution < 1.29 is 23.5 Å². The van der Waals surface area contributed by atoms with Crippen LogP contribution in [0.1, 0.15) is 16.1 Å². The minimum absolute atomic E-state index is 0.150. The lowest BCUT2D eigenvalue weighted by atomic mass is 10.1. The third kappa shape index (κ3) is 6.59. The highest BCUT2D eigenvalue weighted by Crippen LogP contribution is 2.26. The van der Waals surface area contributed by atoms with Crippen LogP contribution in [0.25, 0.3) is 16.9 Å². The molecule has 10 heteroatoms. The molecule has 0 aliphatic carbocycles. The first kappa shape index (κ1) is 27.2. The molecule has 10 nitrogen and oxygen atoms in total. The summed E-state index contributed by atoms with van der Waals surface area (Å²) in [4.78, 5) is 35.0. The second-order valence-electron chi connectivity index (χ2n) is 9.59. The topological polar surface area (TPSA) is 102 Å². The lowest BCUT2D eigenvalue weighted by Gasteiger charge is -2.29. The van der Waals surface area contributed by atoms with Crippen LogP contribution in [0.4, 0.5) is 5.95 Å². The highest BCUT2D eigenvalue weighted by molar-refractivity contribution is 5.97. The summed E-state index contributed by atoms with van der Waals surface area (Å²) in [5.74, 6) is 0.598. The maximum atomic E-state index is 13.4. The van der Waals surface area contributed by atoms with Gasteiger partial charge in [-0.05, 0) is 55.5 Å². The second kappa shape index (κ2) is 12.6. The molecule has 1 fully saturated rings. The van der Waals surface area contributed by atoms with Crippen molar-refractivity contribution in [2.45, 2.75) is 6.92 Å². The number of hydrogen-bond acceptors (Lipinski definition) is 7. The maximum absolute atomic E-state index is 13.4. The van der Waals surface area contributed by atoms with Crippen molar-refractivity contribution in [2.75, 3.05) is 58.4 Å². The molecule has 0 unspecified atom stereocenters. The molecule has 1 saturated heterocycles. The van der Waals surface area contributed by atoms with Crippen molar-refractivity contribution in [3.8, 4) is 22.7 Å². The number of aryl methyl sites for hydroxylation is 1. The Hall–Kier alpha value is -4.41. The lowest BCUT2D eigenvalue weighted by molar-refractivity contribution is -0.117. The fourth-order valence-corrected chi connectivity index (χ4v) is 4.50. The Morgan fingerprint density at radius 2 is 1.80 bits per heavy atom. The van der Waals surface area contributed by atoms with Crippen LogP contribution < -0.4 is 10.1 Å². The van der Waals surface area contributed by atoms with Gasteiger partial charge in [0.25, 0.3) is 5.91 Å². The predicted octanol–water partition coefficient (Wildman–Crippen LogP) is 3.86. The molecule has 0 radical (unpaired) electrons. The van der Waals surface area contributed by atoms with E-state index in [0.717, 1.165) is 35.7 Å². The molecule has 40 heavy (non-hydrogen) atoms. The highest BCUT2D eigenvalue weighted by Gasteiger charge is 2.24. The fraction of sp³-hybridized carbons (Fsp3) is 0.300. The zero-order chi connectivity index (χ0) is 27.9. The lowest BCUT2D eigenvalue weighted by Crippen LogP contribution is -2.45. The Balaban J connectivity index is 1.37. The van der Waals surface area contributed by atoms with E-state index in [1.165, 1.54) is 11.2 Å². The van der Waals surface area contributed by atoms with Gasteiger partial charge in [-0.2, -0.15) is 0 Å². The minimum atomic E-state index is -0.359. The SMILES string of the molecule is COc1ccc(-c2cn(-c3ccc(C)cc3)c(NC(=O)CN(CCN3CCOCC3)C(=O)c3ccco3)n2)cc1. The average Bonchev–Trinajstić information content (AvgIpc) is 3.67. The summed E-state index contributed by atoms with van der Waals surface area (Å²) in [6, 6.07) is 18.8. The van der Waals surface area contributed by atoms with Gasteiger partial charge in [0, 0.05) is 43.6 Å². The third-order valence-electron chi connectivity index (χ3n) is 6.80. The number of methoxy groups -OCH3 is 1. The van der Waals surface area contributed by atoms with E-state index in [2.05, 4.69) is 10.2 Å². The van der Waals surface area contributed by atoms with Crippen LogP contribution in [-0.2, 0) is 9.53 Å². The van der Waals surface area contributed by atoms with Crippen molar-refractivity contribution in [1.29, 1.82) is 0 Å². The van der Waals surface area contributed by atoms with Crippen molar-refractivity contribution in [2.24, 2.45) is 0 Å². The number of rotatable bonds is 10. The molecule has 1 N–H and O–H groups in total. The predicted molar refractivity (Wildman–Crippen MR) is 151 cm³/mol. The average molecular weight is 544 g/mol. The zero-order valence-electron chi connectivity index (χ0n) is 22.7. The van der Waals surface area contributed by atoms with Crippen molar-refractivity contribution in [3.05, 3.63) is 84.4 Å². The standard InChI is InChI=1S/C30H33N5O5/c1-22-5-9-24(10-6-22)35-20-26(23-7-11-25(38-2)12-8-23)31-30(35)32-28(36)21-34(29(37)27-4-3-17-40-27)14-13-33-15-18-39-19-16-33/h3-12,17,20H,13-16,18-19,21H2,1-2H3,(H,31,32,36). The van der Waals surface area contributed by atoms with Crippen molar-refractivity contribution in [3.63, 3.8) is 0 Å². The number of anilines is 1. The van der Waals surface area contributed by atoms with E-state index in [1.807, 2.05) is 66.2 Å². The van der Waals surface area contributed by atoms with Crippen LogP contribution in [0.3, 0.4) is 0 Å². The maximum Gasteiger partial charge on any atom is 0.290 e. The summed E-state index contributed by atoms with van der Waals surface area (Å²) in [5, 5.41) is 2.94. The molecule has 0 spiro atoms. The molecule has 0 saturated carbocycles. The van der Waals surface area contributed by atoms with Gasteiger partial charge in [0.1, 0.15) is 12.3 Å². The molecular formula is C30H33N5O5. The quantitative estimate of drug-likeness (QED) is 0.324. The van der Waals surface area contributed by atoms with Gasteiger partial charge >= 0.3 is 0 Å². The van der Waals surface area contributed by atoms with Crippen molar-refractivity contribution >= 4 is 17.8 Å². The first-order chi connectivity index (χ1) is 19.5. The van der Waals surface area contributed by atoms with E-state index >= 15 is 0 Å². The number of furan rings is 1. The summed E-state index contributed by atoms with van der Waals surface area (Å²) in [7, 11) is 1.62. The van der Waals surface area contributed by atoms with Crippen LogP contribution in [0.5, 0.6) is 5.75 Å². The number of carbonyl (C=O) groups is 2. The van der Waals surface area contributed by atoms with Gasteiger partial charge in [-0.25, -0.2) is 4.98 Å². The van der Waals surface area contributed by atoms with Crippen molar-refractivity contribution in [1.82, 2.24) is 19.4 Å². The number of aromatic nitrogens is 2. The van der Waals surface area contributed by atoms with Crippen LogP contribution >= 0.6 is 0 Å². The van der Waals surface area contributed by atoms with Gasteiger partial charge in [-0.3, -0.25) is 24.4 Å². The molecule has 2 aromatic carbocycles. The van der Waals surface area contributed by atoms with Gasteiger partial charge in [0.15, 0.2) is 5.76 Å². The first-order valence-corrected chi connectivity index (χ1v) is 13.2. The molecule has 5 rings (SSSR count). The van der Waals surface area contributed by atoms with E-state index in [1.54, 1.807) is 19.2 Å². The molecule has 2 aromatic heterocycles. The Bertz CT molecular complexity index is 1410. The smallest absolute Gasteiger partial charge is 0.290 e. The molecule has 1 aliphatic rings. The third-order valence-corrected chi connectivity index (χ3v) is 6.80. The fourth-order valence-electron chi connectivity index (χ4n) is 4.50. The molecule has 1 aliphatic heterocycles. The van der Waals surface area contributed by atoms with Gasteiger partial charge < -0.3 is 18.8 Å². The van der Waals surface area contributed by atoms with E-state index in [-0.39, 0.29) is 24.1 Å². The monoisotopic (exact) mass is 543 g/mol. The molecule has 0 bridgehead atoms. The Labute approximate surface area is 233 Å². The number of carbonyl (C=O) groups excluding carboxylic acids is 2. The van der Waals surface area contributed by atoms with Crippen LogP contribution in [-0.4, -0.2) is 84.2 Å². The number of hydrogen-bond donors (Lipinski definition) is 1. The Morgan fingerprint density at radius 3 is 2.48 bits per heavy atom. The Kier molecular flexibility index (Phi) is 8.58. The van der Waals surface area contributed by atoms with Crippen LogP contribution in [0.15, 0.2) is 77.5 Å². The first-order valence-electron chi connectivity index (χ1n) is 13.2. The minimum Gasteiger partial charge on any atom is -0.497 e. The van der Waals surface area contributed by atoms with Gasteiger partial charge in [-0.15, -0.1) is 0 Å². The number of imidazole rings is 1. The van der Waals surface area contributed by atoms with E-state index in [4.69, 9.17) is 18.9 Å². The summed E-state index contributed by atoms with van der Waals surface area (Å²) in [6.45, 7) is 5.76. The molecule has 208 valence electrons. The van der Waals surface area contributed by atoms with Crippen LogP contribution in [0, 0.1) is 6.92 Å². The zero-order valence-corrected chi connectivity index (χ0v) is 22.7. The van der Waals surface area contributed by atoms with Gasteiger partial charge in [0.05, 0.1) is 32.3 Å². The molecular weight excluding hydrogens is 510 g/mol. The normalized spacial score (nSPS) is 13.7. The number of nitrogens with one attached hydrogen (secondary N) is 1. The number of ether oxygens (including phenoxy) is 2. The summed E-state index contributed by atoms with van der Waals surface area (Å²) < 4.78 is 17.9. The number of morpholine rings is 1. The molecule has 4 aromatic rings. The molecule has 2 amide bonds. The number of nitrogens with zero attached hydrogens (tertiary/aromatic N) is 4.